The first-order valence-corrected chi connectivity index (χ1v) is 5.42. The van der Waals surface area contributed by atoms with Crippen molar-refractivity contribution in [1.82, 2.24) is 0 Å². The Labute approximate surface area is 76.2 Å². The summed E-state index contributed by atoms with van der Waals surface area (Å²) in [5, 5.41) is 9.76. The highest BCUT2D eigenvalue weighted by Crippen LogP contribution is 2.31. The molecule has 0 radical (unpaired) electrons. The van der Waals surface area contributed by atoms with Gasteiger partial charge < -0.3 is 5.11 Å². The zero-order chi connectivity index (χ0) is 8.97. The van der Waals surface area contributed by atoms with Crippen LogP contribution >= 0.6 is 0 Å². The molecule has 0 spiro atoms. The summed E-state index contributed by atoms with van der Waals surface area (Å²) in [5.74, 6) is 1.51. The standard InChI is InChI=1S/C11H22O/c1-3-4-11(12)10-7-5-9(2)6-8-10/h9-12H,3-8H2,1-2H3. The maximum absolute atomic E-state index is 9.76. The SMILES string of the molecule is CCCC(O)C1CCC(C)CC1. The van der Waals surface area contributed by atoms with Gasteiger partial charge in [0.1, 0.15) is 0 Å². The molecule has 0 amide bonds. The summed E-state index contributed by atoms with van der Waals surface area (Å²) in [6.45, 7) is 4.47. The van der Waals surface area contributed by atoms with Crippen LogP contribution in [0.3, 0.4) is 0 Å². The van der Waals surface area contributed by atoms with Crippen molar-refractivity contribution in [2.45, 2.75) is 58.5 Å². The molecular weight excluding hydrogens is 148 g/mol. The maximum Gasteiger partial charge on any atom is 0.0568 e. The van der Waals surface area contributed by atoms with Gasteiger partial charge >= 0.3 is 0 Å². The highest BCUT2D eigenvalue weighted by molar-refractivity contribution is 4.75. The summed E-state index contributed by atoms with van der Waals surface area (Å²) in [6, 6.07) is 0. The summed E-state index contributed by atoms with van der Waals surface area (Å²) < 4.78 is 0. The number of aliphatic hydroxyl groups excluding tert-OH is 1. The van der Waals surface area contributed by atoms with Crippen LogP contribution in [0.25, 0.3) is 0 Å². The van der Waals surface area contributed by atoms with Crippen molar-refractivity contribution in [2.75, 3.05) is 0 Å². The summed E-state index contributed by atoms with van der Waals surface area (Å²) in [7, 11) is 0. The third-order valence-corrected chi connectivity index (χ3v) is 3.19. The summed E-state index contributed by atoms with van der Waals surface area (Å²) in [6.07, 6.45) is 7.26. The zero-order valence-electron chi connectivity index (χ0n) is 8.42. The third kappa shape index (κ3) is 2.78. The Morgan fingerprint density at radius 2 is 1.83 bits per heavy atom. The predicted octanol–water partition coefficient (Wildman–Crippen LogP) is 2.97. The average molecular weight is 170 g/mol. The Morgan fingerprint density at radius 1 is 1.25 bits per heavy atom. The number of rotatable bonds is 3. The topological polar surface area (TPSA) is 20.2 Å². The van der Waals surface area contributed by atoms with Gasteiger partial charge in [-0.1, -0.05) is 33.1 Å². The van der Waals surface area contributed by atoms with Crippen LogP contribution in [0.2, 0.25) is 0 Å². The minimum Gasteiger partial charge on any atom is -0.393 e. The molecule has 0 aliphatic heterocycles. The van der Waals surface area contributed by atoms with E-state index in [-0.39, 0.29) is 6.10 Å². The monoisotopic (exact) mass is 170 g/mol. The second kappa shape index (κ2) is 4.86. The van der Waals surface area contributed by atoms with Crippen molar-refractivity contribution in [1.29, 1.82) is 0 Å². The lowest BCUT2D eigenvalue weighted by atomic mass is 9.79. The van der Waals surface area contributed by atoms with Gasteiger partial charge in [0.05, 0.1) is 6.10 Å². The van der Waals surface area contributed by atoms with Crippen LogP contribution in [0.1, 0.15) is 52.4 Å². The van der Waals surface area contributed by atoms with Gasteiger partial charge in [-0.15, -0.1) is 0 Å². The van der Waals surface area contributed by atoms with Crippen LogP contribution < -0.4 is 0 Å². The predicted molar refractivity (Wildman–Crippen MR) is 52.0 cm³/mol. The minimum absolute atomic E-state index is 0.0116. The molecule has 0 aromatic rings. The van der Waals surface area contributed by atoms with E-state index >= 15 is 0 Å². The van der Waals surface area contributed by atoms with E-state index in [9.17, 15) is 5.11 Å². The second-order valence-electron chi connectivity index (χ2n) is 4.38. The van der Waals surface area contributed by atoms with E-state index in [1.165, 1.54) is 25.7 Å². The summed E-state index contributed by atoms with van der Waals surface area (Å²) in [5.41, 5.74) is 0. The van der Waals surface area contributed by atoms with Crippen molar-refractivity contribution in [3.63, 3.8) is 0 Å². The van der Waals surface area contributed by atoms with Crippen LogP contribution in [-0.4, -0.2) is 11.2 Å². The Kier molecular flexibility index (Phi) is 4.07. The smallest absolute Gasteiger partial charge is 0.0568 e. The lowest BCUT2D eigenvalue weighted by molar-refractivity contribution is 0.0682. The van der Waals surface area contributed by atoms with Gasteiger partial charge in [-0.3, -0.25) is 0 Å². The molecule has 1 aliphatic carbocycles. The molecule has 72 valence electrons. The summed E-state index contributed by atoms with van der Waals surface area (Å²) in [4.78, 5) is 0. The average Bonchev–Trinajstić information content (AvgIpc) is 2.06. The molecule has 0 bridgehead atoms. The van der Waals surface area contributed by atoms with E-state index < -0.39 is 0 Å². The van der Waals surface area contributed by atoms with Gasteiger partial charge in [0.25, 0.3) is 0 Å². The lowest BCUT2D eigenvalue weighted by Crippen LogP contribution is -2.24. The van der Waals surface area contributed by atoms with E-state index in [1.54, 1.807) is 0 Å². The molecule has 12 heavy (non-hydrogen) atoms. The number of hydrogen-bond donors (Lipinski definition) is 1. The van der Waals surface area contributed by atoms with Gasteiger partial charge in [-0.25, -0.2) is 0 Å². The molecule has 0 aromatic carbocycles. The van der Waals surface area contributed by atoms with Crippen LogP contribution in [0.4, 0.5) is 0 Å². The molecule has 0 saturated heterocycles. The van der Waals surface area contributed by atoms with Crippen molar-refractivity contribution >= 4 is 0 Å². The third-order valence-electron chi connectivity index (χ3n) is 3.19. The molecular formula is C11H22O. The van der Waals surface area contributed by atoms with Crippen molar-refractivity contribution in [2.24, 2.45) is 11.8 Å². The normalized spacial score (nSPS) is 33.2. The van der Waals surface area contributed by atoms with E-state index in [0.29, 0.717) is 5.92 Å². The Balaban J connectivity index is 2.24. The van der Waals surface area contributed by atoms with Crippen LogP contribution in [0.15, 0.2) is 0 Å². The first-order chi connectivity index (χ1) is 5.74. The van der Waals surface area contributed by atoms with Crippen molar-refractivity contribution < 1.29 is 5.11 Å². The Bertz CT molecular complexity index is 114. The fourth-order valence-corrected chi connectivity index (χ4v) is 2.20. The molecule has 0 aromatic heterocycles. The van der Waals surface area contributed by atoms with Crippen molar-refractivity contribution in [3.05, 3.63) is 0 Å². The zero-order valence-corrected chi connectivity index (χ0v) is 8.42. The second-order valence-corrected chi connectivity index (χ2v) is 4.38. The fourth-order valence-electron chi connectivity index (χ4n) is 2.20. The molecule has 1 aliphatic rings. The quantitative estimate of drug-likeness (QED) is 0.690. The largest absolute Gasteiger partial charge is 0.393 e. The number of aliphatic hydroxyl groups is 1. The van der Waals surface area contributed by atoms with Gasteiger partial charge in [0, 0.05) is 0 Å². The maximum atomic E-state index is 9.76. The molecule has 1 rings (SSSR count). The van der Waals surface area contributed by atoms with E-state index in [4.69, 9.17) is 0 Å². The highest BCUT2D eigenvalue weighted by Gasteiger charge is 2.23. The first-order valence-electron chi connectivity index (χ1n) is 5.42. The molecule has 0 heterocycles. The Morgan fingerprint density at radius 3 is 2.33 bits per heavy atom. The van der Waals surface area contributed by atoms with Crippen LogP contribution in [0.5, 0.6) is 0 Å². The minimum atomic E-state index is -0.0116. The van der Waals surface area contributed by atoms with Crippen LogP contribution in [0, 0.1) is 11.8 Å². The Hall–Kier alpha value is -0.0400. The molecule has 1 saturated carbocycles. The molecule has 1 fully saturated rings. The van der Waals surface area contributed by atoms with Gasteiger partial charge in [-0.05, 0) is 31.1 Å². The molecule has 1 heteroatoms. The van der Waals surface area contributed by atoms with E-state index in [0.717, 1.165) is 18.8 Å². The van der Waals surface area contributed by atoms with Gasteiger partial charge in [-0.2, -0.15) is 0 Å². The molecule has 1 N–H and O–H groups in total. The first kappa shape index (κ1) is 10.0. The molecule has 1 atom stereocenters. The highest BCUT2D eigenvalue weighted by atomic mass is 16.3. The van der Waals surface area contributed by atoms with Crippen molar-refractivity contribution in [3.8, 4) is 0 Å². The molecule has 1 nitrogen and oxygen atoms in total. The fraction of sp³-hybridized carbons (Fsp3) is 1.00. The van der Waals surface area contributed by atoms with Gasteiger partial charge in [0.2, 0.25) is 0 Å². The number of hydrogen-bond acceptors (Lipinski definition) is 1. The van der Waals surface area contributed by atoms with Gasteiger partial charge in [0.15, 0.2) is 0 Å². The summed E-state index contributed by atoms with van der Waals surface area (Å²) >= 11 is 0. The van der Waals surface area contributed by atoms with E-state index in [2.05, 4.69) is 13.8 Å². The van der Waals surface area contributed by atoms with Crippen LogP contribution in [-0.2, 0) is 0 Å². The lowest BCUT2D eigenvalue weighted by Gasteiger charge is -2.29. The molecule has 1 unspecified atom stereocenters. The van der Waals surface area contributed by atoms with E-state index in [1.807, 2.05) is 0 Å².